The molecule has 1 fully saturated rings. The van der Waals surface area contributed by atoms with E-state index < -0.39 is 11.6 Å². The highest BCUT2D eigenvalue weighted by atomic mass is 19.1. The van der Waals surface area contributed by atoms with Crippen LogP contribution < -0.4 is 0 Å². The summed E-state index contributed by atoms with van der Waals surface area (Å²) in [6, 6.07) is 0. The maximum atomic E-state index is 13.0. The molecule has 0 aliphatic heterocycles. The topological polar surface area (TPSA) is 17.1 Å². The van der Waals surface area contributed by atoms with Crippen LogP contribution in [-0.2, 0) is 4.79 Å². The van der Waals surface area contributed by atoms with Gasteiger partial charge in [-0.15, -0.1) is 0 Å². The highest BCUT2D eigenvalue weighted by molar-refractivity contribution is 5.59. The van der Waals surface area contributed by atoms with E-state index in [2.05, 4.69) is 0 Å². The van der Waals surface area contributed by atoms with Crippen LogP contribution in [0, 0.1) is 5.41 Å². The summed E-state index contributed by atoms with van der Waals surface area (Å²) in [5.74, 6) is 0. The molecule has 0 N–H and O–H groups in total. The molecule has 0 radical (unpaired) electrons. The van der Waals surface area contributed by atoms with Crippen LogP contribution in [0.3, 0.4) is 0 Å². The van der Waals surface area contributed by atoms with Gasteiger partial charge in [0.2, 0.25) is 0 Å². The molecule has 58 valence electrons. The Bertz CT molecular complexity index is 135. The van der Waals surface area contributed by atoms with Gasteiger partial charge in [0.15, 0.2) is 0 Å². The van der Waals surface area contributed by atoms with Gasteiger partial charge in [-0.05, 0) is 12.8 Å². The van der Waals surface area contributed by atoms with Crippen LogP contribution in [0.4, 0.5) is 4.39 Å². The number of hydrogen-bond donors (Lipinski definition) is 0. The summed E-state index contributed by atoms with van der Waals surface area (Å²) in [5, 5.41) is 0. The number of rotatable bonds is 1. The Labute approximate surface area is 60.6 Å². The molecule has 1 saturated carbocycles. The van der Waals surface area contributed by atoms with Crippen molar-refractivity contribution in [1.29, 1.82) is 0 Å². The molecule has 0 bridgehead atoms. The fraction of sp³-hybridized carbons (Fsp3) is 0.875. The average Bonchev–Trinajstić information content (AvgIpc) is 1.96. The number of carbonyl (C=O) groups excluding carboxylic acids is 1. The van der Waals surface area contributed by atoms with E-state index in [1.807, 2.05) is 0 Å². The molecule has 1 aliphatic carbocycles. The lowest BCUT2D eigenvalue weighted by atomic mass is 9.75. The number of halogens is 1. The molecule has 0 spiro atoms. The van der Waals surface area contributed by atoms with E-state index in [-0.39, 0.29) is 0 Å². The summed E-state index contributed by atoms with van der Waals surface area (Å²) >= 11 is 0. The fourth-order valence-electron chi connectivity index (χ4n) is 1.45. The van der Waals surface area contributed by atoms with E-state index in [4.69, 9.17) is 0 Å². The summed E-state index contributed by atoms with van der Waals surface area (Å²) in [4.78, 5) is 10.5. The van der Waals surface area contributed by atoms with Gasteiger partial charge in [-0.1, -0.05) is 19.8 Å². The van der Waals surface area contributed by atoms with Crippen molar-refractivity contribution >= 4 is 6.29 Å². The van der Waals surface area contributed by atoms with Gasteiger partial charge in [-0.3, -0.25) is 0 Å². The third-order valence-electron chi connectivity index (χ3n) is 2.41. The van der Waals surface area contributed by atoms with Crippen LogP contribution in [0.1, 0.15) is 32.6 Å². The standard InChI is InChI=1S/C8H13FO/c1-8(6-10)5-3-2-4-7(8)9/h6-7H,2-5H2,1H3/t7-,8+/m0/s1. The molecule has 1 rings (SSSR count). The van der Waals surface area contributed by atoms with Crippen LogP contribution in [0.15, 0.2) is 0 Å². The maximum absolute atomic E-state index is 13.0. The Balaban J connectivity index is 2.62. The lowest BCUT2D eigenvalue weighted by Gasteiger charge is -2.31. The van der Waals surface area contributed by atoms with Crippen molar-refractivity contribution in [3.63, 3.8) is 0 Å². The van der Waals surface area contributed by atoms with E-state index >= 15 is 0 Å². The zero-order valence-corrected chi connectivity index (χ0v) is 6.27. The Morgan fingerprint density at radius 3 is 2.70 bits per heavy atom. The van der Waals surface area contributed by atoms with Gasteiger partial charge in [0.25, 0.3) is 0 Å². The summed E-state index contributed by atoms with van der Waals surface area (Å²) in [6.07, 6.45) is 3.09. The molecule has 1 aliphatic rings. The van der Waals surface area contributed by atoms with E-state index in [0.717, 1.165) is 25.5 Å². The van der Waals surface area contributed by atoms with Crippen molar-refractivity contribution in [1.82, 2.24) is 0 Å². The average molecular weight is 144 g/mol. The molecular weight excluding hydrogens is 131 g/mol. The Morgan fingerprint density at radius 2 is 2.30 bits per heavy atom. The Morgan fingerprint density at radius 1 is 1.60 bits per heavy atom. The zero-order chi connectivity index (χ0) is 7.61. The van der Waals surface area contributed by atoms with Crippen molar-refractivity contribution in [2.75, 3.05) is 0 Å². The first kappa shape index (κ1) is 7.70. The third kappa shape index (κ3) is 1.20. The molecule has 2 heteroatoms. The second kappa shape index (κ2) is 2.69. The van der Waals surface area contributed by atoms with Crippen molar-refractivity contribution in [3.05, 3.63) is 0 Å². The first-order chi connectivity index (χ1) is 4.69. The lowest BCUT2D eigenvalue weighted by molar-refractivity contribution is -0.120. The SMILES string of the molecule is C[C@]1(C=O)CCCC[C@@H]1F. The molecule has 2 atom stereocenters. The highest BCUT2D eigenvalue weighted by Gasteiger charge is 2.36. The molecule has 0 aromatic heterocycles. The van der Waals surface area contributed by atoms with Gasteiger partial charge in [-0.25, -0.2) is 4.39 Å². The minimum Gasteiger partial charge on any atom is -0.303 e. The molecule has 0 unspecified atom stereocenters. The maximum Gasteiger partial charge on any atom is 0.128 e. The van der Waals surface area contributed by atoms with Crippen molar-refractivity contribution < 1.29 is 9.18 Å². The zero-order valence-electron chi connectivity index (χ0n) is 6.27. The first-order valence-electron chi connectivity index (χ1n) is 3.79. The first-order valence-corrected chi connectivity index (χ1v) is 3.79. The molecule has 1 nitrogen and oxygen atoms in total. The predicted molar refractivity (Wildman–Crippen MR) is 37.5 cm³/mol. The summed E-state index contributed by atoms with van der Waals surface area (Å²) < 4.78 is 13.0. The van der Waals surface area contributed by atoms with E-state index in [0.29, 0.717) is 6.42 Å². The van der Waals surface area contributed by atoms with Crippen LogP contribution in [0.5, 0.6) is 0 Å². The summed E-state index contributed by atoms with van der Waals surface area (Å²) in [5.41, 5.74) is -0.668. The van der Waals surface area contributed by atoms with Crippen molar-refractivity contribution in [2.45, 2.75) is 38.8 Å². The lowest BCUT2D eigenvalue weighted by Crippen LogP contribution is -2.33. The van der Waals surface area contributed by atoms with Gasteiger partial charge in [0.1, 0.15) is 12.5 Å². The van der Waals surface area contributed by atoms with Crippen LogP contribution in [0.2, 0.25) is 0 Å². The van der Waals surface area contributed by atoms with Gasteiger partial charge in [0, 0.05) is 0 Å². The largest absolute Gasteiger partial charge is 0.303 e. The fourth-order valence-corrected chi connectivity index (χ4v) is 1.45. The van der Waals surface area contributed by atoms with Crippen molar-refractivity contribution in [2.24, 2.45) is 5.41 Å². The van der Waals surface area contributed by atoms with Crippen molar-refractivity contribution in [3.8, 4) is 0 Å². The summed E-state index contributed by atoms with van der Waals surface area (Å²) in [7, 11) is 0. The third-order valence-corrected chi connectivity index (χ3v) is 2.41. The number of hydrogen-bond acceptors (Lipinski definition) is 1. The number of carbonyl (C=O) groups is 1. The monoisotopic (exact) mass is 144 g/mol. The van der Waals surface area contributed by atoms with E-state index in [1.54, 1.807) is 6.92 Å². The van der Waals surface area contributed by atoms with Gasteiger partial charge >= 0.3 is 0 Å². The molecule has 0 aromatic carbocycles. The van der Waals surface area contributed by atoms with Gasteiger partial charge in [0.05, 0.1) is 5.41 Å². The molecule has 0 aromatic rings. The molecular formula is C8H13FO. The van der Waals surface area contributed by atoms with Gasteiger partial charge in [-0.2, -0.15) is 0 Å². The number of alkyl halides is 1. The Kier molecular flexibility index (Phi) is 2.07. The second-order valence-corrected chi connectivity index (χ2v) is 3.34. The second-order valence-electron chi connectivity index (χ2n) is 3.34. The number of aldehydes is 1. The van der Waals surface area contributed by atoms with Crippen LogP contribution in [0.25, 0.3) is 0 Å². The quantitative estimate of drug-likeness (QED) is 0.515. The predicted octanol–water partition coefficient (Wildman–Crippen LogP) is 2.10. The minimum atomic E-state index is -0.904. The molecule has 10 heavy (non-hydrogen) atoms. The highest BCUT2D eigenvalue weighted by Crippen LogP contribution is 2.36. The molecule has 0 heterocycles. The minimum absolute atomic E-state index is 0.565. The molecule has 0 amide bonds. The summed E-state index contributed by atoms with van der Waals surface area (Å²) in [6.45, 7) is 1.71. The van der Waals surface area contributed by atoms with E-state index in [1.165, 1.54) is 0 Å². The normalized spacial score (nSPS) is 41.2. The molecule has 0 saturated heterocycles. The van der Waals surface area contributed by atoms with Crippen LogP contribution in [-0.4, -0.2) is 12.5 Å². The van der Waals surface area contributed by atoms with Crippen LogP contribution >= 0.6 is 0 Å². The van der Waals surface area contributed by atoms with E-state index in [9.17, 15) is 9.18 Å². The smallest absolute Gasteiger partial charge is 0.128 e. The Hall–Kier alpha value is -0.400. The van der Waals surface area contributed by atoms with Gasteiger partial charge < -0.3 is 4.79 Å².